The second kappa shape index (κ2) is 8.65. The van der Waals surface area contributed by atoms with Crippen molar-refractivity contribution >= 4 is 5.96 Å². The largest absolute Gasteiger partial charge is 0.355 e. The van der Waals surface area contributed by atoms with Crippen molar-refractivity contribution in [1.29, 1.82) is 0 Å². The topological polar surface area (TPSA) is 67.1 Å². The zero-order chi connectivity index (χ0) is 21.0. The van der Waals surface area contributed by atoms with Crippen molar-refractivity contribution in [1.82, 2.24) is 25.4 Å². The van der Waals surface area contributed by atoms with Crippen LogP contribution < -0.4 is 10.6 Å². The Morgan fingerprint density at radius 2 is 1.90 bits per heavy atom. The Hall–Kier alpha value is -3.22. The Kier molecular flexibility index (Phi) is 5.79. The molecular formula is C23H27FN6. The van der Waals surface area contributed by atoms with Crippen LogP contribution in [0.15, 0.2) is 59.6 Å². The highest BCUT2D eigenvalue weighted by Gasteiger charge is 2.44. The maximum Gasteiger partial charge on any atom is 0.192 e. The Morgan fingerprint density at radius 1 is 1.10 bits per heavy atom. The van der Waals surface area contributed by atoms with Gasteiger partial charge in [0.15, 0.2) is 11.8 Å². The molecule has 4 rings (SSSR count). The highest BCUT2D eigenvalue weighted by atomic mass is 19.1. The SMILES string of the molecule is Cc1nnc(CNC(=NCc2ccccc2)NCC2(c3cccc(F)c3)CC2)n1C. The first-order valence-corrected chi connectivity index (χ1v) is 10.2. The van der Waals surface area contributed by atoms with Crippen LogP contribution in [0.4, 0.5) is 4.39 Å². The minimum absolute atomic E-state index is 0.0291. The van der Waals surface area contributed by atoms with Crippen molar-refractivity contribution in [3.8, 4) is 0 Å². The zero-order valence-electron chi connectivity index (χ0n) is 17.4. The molecule has 0 unspecified atom stereocenters. The smallest absolute Gasteiger partial charge is 0.192 e. The number of aromatic nitrogens is 3. The van der Waals surface area contributed by atoms with E-state index in [1.807, 2.05) is 42.8 Å². The molecule has 7 heteroatoms. The first-order valence-electron chi connectivity index (χ1n) is 10.2. The molecule has 0 bridgehead atoms. The van der Waals surface area contributed by atoms with E-state index in [1.54, 1.807) is 12.1 Å². The lowest BCUT2D eigenvalue weighted by Crippen LogP contribution is -2.41. The van der Waals surface area contributed by atoms with Gasteiger partial charge in [-0.25, -0.2) is 9.38 Å². The van der Waals surface area contributed by atoms with Gasteiger partial charge in [0.05, 0.1) is 13.1 Å². The van der Waals surface area contributed by atoms with Crippen molar-refractivity contribution < 1.29 is 4.39 Å². The van der Waals surface area contributed by atoms with Crippen molar-refractivity contribution in [2.45, 2.75) is 38.3 Å². The molecule has 0 spiro atoms. The number of nitrogens with zero attached hydrogens (tertiary/aromatic N) is 4. The van der Waals surface area contributed by atoms with Crippen LogP contribution in [-0.4, -0.2) is 27.3 Å². The van der Waals surface area contributed by atoms with Crippen molar-refractivity contribution in [2.24, 2.45) is 12.0 Å². The van der Waals surface area contributed by atoms with Gasteiger partial charge in [-0.2, -0.15) is 0 Å². The average Bonchev–Trinajstić information content (AvgIpc) is 3.49. The van der Waals surface area contributed by atoms with Gasteiger partial charge in [-0.1, -0.05) is 42.5 Å². The molecule has 30 heavy (non-hydrogen) atoms. The lowest BCUT2D eigenvalue weighted by atomic mass is 9.96. The fourth-order valence-corrected chi connectivity index (χ4v) is 3.49. The Labute approximate surface area is 176 Å². The van der Waals surface area contributed by atoms with Gasteiger partial charge < -0.3 is 15.2 Å². The molecule has 2 aromatic carbocycles. The molecule has 1 fully saturated rings. The molecule has 1 heterocycles. The van der Waals surface area contributed by atoms with Gasteiger partial charge in [-0.15, -0.1) is 10.2 Å². The molecule has 0 radical (unpaired) electrons. The third-order valence-corrected chi connectivity index (χ3v) is 5.74. The number of aliphatic imine (C=N–C) groups is 1. The molecule has 1 aromatic heterocycles. The van der Waals surface area contributed by atoms with Crippen molar-refractivity contribution in [3.05, 3.63) is 83.2 Å². The lowest BCUT2D eigenvalue weighted by molar-refractivity contribution is 0.605. The Balaban J connectivity index is 1.46. The van der Waals surface area contributed by atoms with Gasteiger partial charge in [0, 0.05) is 19.0 Å². The Bertz CT molecular complexity index is 1020. The van der Waals surface area contributed by atoms with Crippen LogP contribution in [0.2, 0.25) is 0 Å². The number of hydrogen-bond donors (Lipinski definition) is 2. The molecule has 1 aliphatic rings. The number of benzene rings is 2. The van der Waals surface area contributed by atoms with E-state index in [1.165, 1.54) is 6.07 Å². The molecule has 0 atom stereocenters. The Morgan fingerprint density at radius 3 is 2.57 bits per heavy atom. The van der Waals surface area contributed by atoms with Gasteiger partial charge in [-0.05, 0) is 43.0 Å². The van der Waals surface area contributed by atoms with Gasteiger partial charge in [0.25, 0.3) is 0 Å². The van der Waals surface area contributed by atoms with E-state index in [-0.39, 0.29) is 11.2 Å². The molecule has 2 N–H and O–H groups in total. The van der Waals surface area contributed by atoms with E-state index in [0.29, 0.717) is 25.6 Å². The summed E-state index contributed by atoms with van der Waals surface area (Å²) < 4.78 is 15.7. The molecule has 3 aromatic rings. The van der Waals surface area contributed by atoms with Gasteiger partial charge in [-0.3, -0.25) is 0 Å². The molecule has 156 valence electrons. The molecule has 0 amide bonds. The maximum atomic E-state index is 13.7. The summed E-state index contributed by atoms with van der Waals surface area (Å²) >= 11 is 0. The van der Waals surface area contributed by atoms with Gasteiger partial charge in [0.1, 0.15) is 11.6 Å². The maximum absolute atomic E-state index is 13.7. The van der Waals surface area contributed by atoms with E-state index in [0.717, 1.165) is 35.6 Å². The second-order valence-electron chi connectivity index (χ2n) is 7.87. The molecule has 1 saturated carbocycles. The normalized spacial score (nSPS) is 15.1. The van der Waals surface area contributed by atoms with E-state index in [9.17, 15) is 4.39 Å². The minimum atomic E-state index is -0.187. The van der Waals surface area contributed by atoms with Crippen LogP contribution in [0.1, 0.15) is 35.6 Å². The first-order chi connectivity index (χ1) is 14.6. The van der Waals surface area contributed by atoms with Gasteiger partial charge >= 0.3 is 0 Å². The number of hydrogen-bond acceptors (Lipinski definition) is 3. The van der Waals surface area contributed by atoms with Crippen LogP contribution in [0, 0.1) is 12.7 Å². The molecule has 1 aliphatic carbocycles. The summed E-state index contributed by atoms with van der Waals surface area (Å²) in [6, 6.07) is 17.1. The highest BCUT2D eigenvalue weighted by molar-refractivity contribution is 5.80. The summed E-state index contributed by atoms with van der Waals surface area (Å²) in [7, 11) is 1.95. The van der Waals surface area contributed by atoms with Crippen LogP contribution in [0.25, 0.3) is 0 Å². The fraction of sp³-hybridized carbons (Fsp3) is 0.348. The predicted molar refractivity (Wildman–Crippen MR) is 115 cm³/mol. The number of aryl methyl sites for hydroxylation is 1. The van der Waals surface area contributed by atoms with E-state index < -0.39 is 0 Å². The van der Waals surface area contributed by atoms with E-state index in [4.69, 9.17) is 4.99 Å². The molecule has 0 saturated heterocycles. The number of rotatable bonds is 7. The molecular weight excluding hydrogens is 379 g/mol. The van der Waals surface area contributed by atoms with Crippen LogP contribution in [-0.2, 0) is 25.6 Å². The average molecular weight is 407 g/mol. The lowest BCUT2D eigenvalue weighted by Gasteiger charge is -2.19. The van der Waals surface area contributed by atoms with Crippen LogP contribution in [0.5, 0.6) is 0 Å². The van der Waals surface area contributed by atoms with Crippen LogP contribution >= 0.6 is 0 Å². The van der Waals surface area contributed by atoms with Crippen molar-refractivity contribution in [3.63, 3.8) is 0 Å². The van der Waals surface area contributed by atoms with Crippen molar-refractivity contribution in [2.75, 3.05) is 6.54 Å². The third kappa shape index (κ3) is 4.67. The van der Waals surface area contributed by atoms with E-state index in [2.05, 4.69) is 33.0 Å². The molecule has 0 aliphatic heterocycles. The monoisotopic (exact) mass is 406 g/mol. The van der Waals surface area contributed by atoms with E-state index >= 15 is 0 Å². The highest BCUT2D eigenvalue weighted by Crippen LogP contribution is 2.47. The summed E-state index contributed by atoms with van der Waals surface area (Å²) in [5.41, 5.74) is 2.15. The standard InChI is InChI=1S/C23H27FN6/c1-17-28-29-21(30(17)2)15-26-22(25-14-18-7-4-3-5-8-18)27-16-23(11-12-23)19-9-6-10-20(24)13-19/h3-10,13H,11-12,14-16H2,1-2H3,(H2,25,26,27). The predicted octanol–water partition coefficient (Wildman–Crippen LogP) is 3.23. The molecule has 6 nitrogen and oxygen atoms in total. The number of halogens is 1. The van der Waals surface area contributed by atoms with Gasteiger partial charge in [0.2, 0.25) is 0 Å². The van der Waals surface area contributed by atoms with Crippen LogP contribution in [0.3, 0.4) is 0 Å². The summed E-state index contributed by atoms with van der Waals surface area (Å²) in [6.07, 6.45) is 2.08. The summed E-state index contributed by atoms with van der Waals surface area (Å²) in [6.45, 7) is 3.72. The minimum Gasteiger partial charge on any atom is -0.355 e. The number of guanidine groups is 1. The quantitative estimate of drug-likeness (QED) is 0.467. The second-order valence-corrected chi connectivity index (χ2v) is 7.87. The fourth-order valence-electron chi connectivity index (χ4n) is 3.49. The summed E-state index contributed by atoms with van der Waals surface area (Å²) in [4.78, 5) is 4.75. The summed E-state index contributed by atoms with van der Waals surface area (Å²) in [5, 5.41) is 15.1. The third-order valence-electron chi connectivity index (χ3n) is 5.74. The zero-order valence-corrected chi connectivity index (χ0v) is 17.4. The summed E-state index contributed by atoms with van der Waals surface area (Å²) in [5.74, 6) is 2.23. The first kappa shape index (κ1) is 20.1. The number of nitrogens with one attached hydrogen (secondary N) is 2.